The maximum Gasteiger partial charge on any atom is 0.260 e. The number of piperidine rings is 1. The molecule has 0 aliphatic carbocycles. The summed E-state index contributed by atoms with van der Waals surface area (Å²) in [6.45, 7) is 4.66. The van der Waals surface area contributed by atoms with Crippen LogP contribution in [0.15, 0.2) is 24.3 Å². The van der Waals surface area contributed by atoms with Crippen LogP contribution >= 0.6 is 11.6 Å². The number of ether oxygens (including phenoxy) is 1. The van der Waals surface area contributed by atoms with E-state index in [2.05, 4.69) is 11.9 Å². The van der Waals surface area contributed by atoms with Gasteiger partial charge in [-0.25, -0.2) is 0 Å². The summed E-state index contributed by atoms with van der Waals surface area (Å²) in [5, 5.41) is 0.497. The first kappa shape index (κ1) is 19.0. The number of benzene rings is 1. The van der Waals surface area contributed by atoms with Gasteiger partial charge in [-0.3, -0.25) is 9.59 Å². The van der Waals surface area contributed by atoms with Crippen LogP contribution < -0.4 is 4.74 Å². The molecule has 0 unspecified atom stereocenters. The average Bonchev–Trinajstić information content (AvgIpc) is 2.67. The zero-order valence-corrected chi connectivity index (χ0v) is 16.0. The Kier molecular flexibility index (Phi) is 6.38. The minimum Gasteiger partial charge on any atom is -0.482 e. The standard InChI is InChI=1S/C19H26ClN3O3/c1-21-10-12-23(13-11-21)19(25)15-6-8-22(9-7-15)18(24)14-26-17-5-3-2-4-16(17)20/h2-5,15H,6-14H2,1H3. The molecule has 2 aliphatic rings. The third-order valence-electron chi connectivity index (χ3n) is 5.20. The van der Waals surface area contributed by atoms with Crippen molar-refractivity contribution in [1.29, 1.82) is 0 Å². The Morgan fingerprint density at radius 3 is 2.35 bits per heavy atom. The summed E-state index contributed by atoms with van der Waals surface area (Å²) >= 11 is 6.04. The second-order valence-electron chi connectivity index (χ2n) is 7.00. The lowest BCUT2D eigenvalue weighted by molar-refractivity contribution is -0.142. The molecule has 1 aromatic rings. The molecule has 0 aromatic heterocycles. The second-order valence-corrected chi connectivity index (χ2v) is 7.41. The lowest BCUT2D eigenvalue weighted by Crippen LogP contribution is -2.51. The first-order valence-electron chi connectivity index (χ1n) is 9.17. The van der Waals surface area contributed by atoms with Crippen molar-refractivity contribution in [1.82, 2.24) is 14.7 Å². The predicted octanol–water partition coefficient (Wildman–Crippen LogP) is 1.73. The van der Waals surface area contributed by atoms with E-state index >= 15 is 0 Å². The first-order valence-corrected chi connectivity index (χ1v) is 9.55. The van der Waals surface area contributed by atoms with Gasteiger partial charge in [0.25, 0.3) is 5.91 Å². The largest absolute Gasteiger partial charge is 0.482 e. The number of likely N-dealkylation sites (tertiary alicyclic amines) is 1. The van der Waals surface area contributed by atoms with Gasteiger partial charge < -0.3 is 19.4 Å². The van der Waals surface area contributed by atoms with E-state index in [1.165, 1.54) is 0 Å². The molecule has 2 saturated heterocycles. The van der Waals surface area contributed by atoms with Crippen molar-refractivity contribution in [3.8, 4) is 5.75 Å². The van der Waals surface area contributed by atoms with Crippen molar-refractivity contribution in [2.45, 2.75) is 12.8 Å². The fourth-order valence-corrected chi connectivity index (χ4v) is 3.64. The minimum absolute atomic E-state index is 0.0270. The normalized spacial score (nSPS) is 19.5. The number of hydrogen-bond donors (Lipinski definition) is 0. The highest BCUT2D eigenvalue weighted by molar-refractivity contribution is 6.32. The first-order chi connectivity index (χ1) is 12.5. The van der Waals surface area contributed by atoms with Crippen molar-refractivity contribution in [3.05, 3.63) is 29.3 Å². The molecule has 6 nitrogen and oxygen atoms in total. The molecular weight excluding hydrogens is 354 g/mol. The van der Waals surface area contributed by atoms with E-state index in [0.29, 0.717) is 23.9 Å². The molecule has 0 bridgehead atoms. The quantitative estimate of drug-likeness (QED) is 0.799. The van der Waals surface area contributed by atoms with E-state index in [1.54, 1.807) is 17.0 Å². The third-order valence-corrected chi connectivity index (χ3v) is 5.51. The van der Waals surface area contributed by atoms with Crippen LogP contribution in [0.1, 0.15) is 12.8 Å². The van der Waals surface area contributed by atoms with Gasteiger partial charge in [-0.2, -0.15) is 0 Å². The number of para-hydroxylation sites is 1. The Morgan fingerprint density at radius 2 is 1.69 bits per heavy atom. The average molecular weight is 380 g/mol. The van der Waals surface area contributed by atoms with Gasteiger partial charge in [0.1, 0.15) is 5.75 Å². The van der Waals surface area contributed by atoms with Gasteiger partial charge in [0.2, 0.25) is 5.91 Å². The van der Waals surface area contributed by atoms with Gasteiger partial charge in [0.15, 0.2) is 6.61 Å². The number of rotatable bonds is 4. The predicted molar refractivity (Wildman–Crippen MR) is 100 cm³/mol. The summed E-state index contributed by atoms with van der Waals surface area (Å²) in [5.41, 5.74) is 0. The number of nitrogens with zero attached hydrogens (tertiary/aromatic N) is 3. The third kappa shape index (κ3) is 4.68. The second kappa shape index (κ2) is 8.73. The summed E-state index contributed by atoms with van der Waals surface area (Å²) in [6.07, 6.45) is 1.45. The molecular formula is C19H26ClN3O3. The number of amides is 2. The Bertz CT molecular complexity index is 639. The Morgan fingerprint density at radius 1 is 1.04 bits per heavy atom. The molecule has 3 rings (SSSR count). The van der Waals surface area contributed by atoms with E-state index < -0.39 is 0 Å². The molecule has 0 N–H and O–H groups in total. The van der Waals surface area contributed by atoms with Crippen molar-refractivity contribution in [2.24, 2.45) is 5.92 Å². The van der Waals surface area contributed by atoms with Gasteiger partial charge in [-0.1, -0.05) is 23.7 Å². The summed E-state index contributed by atoms with van der Waals surface area (Å²) in [4.78, 5) is 31.0. The monoisotopic (exact) mass is 379 g/mol. The van der Waals surface area contributed by atoms with Gasteiger partial charge in [-0.15, -0.1) is 0 Å². The van der Waals surface area contributed by atoms with Crippen LogP contribution in [0.5, 0.6) is 5.75 Å². The van der Waals surface area contributed by atoms with Crippen LogP contribution in [0.3, 0.4) is 0 Å². The van der Waals surface area contributed by atoms with Crippen LogP contribution in [0.4, 0.5) is 0 Å². The smallest absolute Gasteiger partial charge is 0.260 e. The van der Waals surface area contributed by atoms with Crippen LogP contribution in [-0.2, 0) is 9.59 Å². The highest BCUT2D eigenvalue weighted by Gasteiger charge is 2.31. The van der Waals surface area contributed by atoms with E-state index in [1.807, 2.05) is 17.0 Å². The van der Waals surface area contributed by atoms with Crippen molar-refractivity contribution in [2.75, 3.05) is 52.9 Å². The lowest BCUT2D eigenvalue weighted by Gasteiger charge is -2.37. The molecule has 26 heavy (non-hydrogen) atoms. The van der Waals surface area contributed by atoms with Crippen LogP contribution in [-0.4, -0.2) is 79.4 Å². The van der Waals surface area contributed by atoms with Crippen molar-refractivity contribution in [3.63, 3.8) is 0 Å². The van der Waals surface area contributed by atoms with Crippen LogP contribution in [0.2, 0.25) is 5.02 Å². The molecule has 2 fully saturated rings. The van der Waals surface area contributed by atoms with E-state index in [0.717, 1.165) is 39.0 Å². The lowest BCUT2D eigenvalue weighted by atomic mass is 9.95. The number of carbonyl (C=O) groups excluding carboxylic acids is 2. The molecule has 1 aromatic carbocycles. The summed E-state index contributed by atoms with van der Waals surface area (Å²) in [6, 6.07) is 7.12. The van der Waals surface area contributed by atoms with Gasteiger partial charge in [0.05, 0.1) is 5.02 Å². The van der Waals surface area contributed by atoms with Gasteiger partial charge in [-0.05, 0) is 32.0 Å². The minimum atomic E-state index is -0.0598. The zero-order valence-electron chi connectivity index (χ0n) is 15.2. The number of likely N-dealkylation sites (N-methyl/N-ethyl adjacent to an activating group) is 1. The topological polar surface area (TPSA) is 53.1 Å². The molecule has 2 heterocycles. The number of halogens is 1. The molecule has 142 valence electrons. The highest BCUT2D eigenvalue weighted by Crippen LogP contribution is 2.24. The Balaban J connectivity index is 1.43. The van der Waals surface area contributed by atoms with Crippen molar-refractivity contribution >= 4 is 23.4 Å². The summed E-state index contributed by atoms with van der Waals surface area (Å²) < 4.78 is 5.53. The summed E-state index contributed by atoms with van der Waals surface area (Å²) in [7, 11) is 2.08. The van der Waals surface area contributed by atoms with E-state index in [4.69, 9.17) is 16.3 Å². The van der Waals surface area contributed by atoms with Gasteiger partial charge in [0, 0.05) is 45.2 Å². The number of piperazine rings is 1. The highest BCUT2D eigenvalue weighted by atomic mass is 35.5. The molecule has 0 spiro atoms. The SMILES string of the molecule is CN1CCN(C(=O)C2CCN(C(=O)COc3ccccc3Cl)CC2)CC1. The molecule has 2 amide bonds. The fourth-order valence-electron chi connectivity index (χ4n) is 3.45. The number of hydrogen-bond acceptors (Lipinski definition) is 4. The molecule has 0 radical (unpaired) electrons. The Labute approximate surface area is 159 Å². The maximum atomic E-state index is 12.6. The fraction of sp³-hybridized carbons (Fsp3) is 0.579. The Hall–Kier alpha value is -1.79. The van der Waals surface area contributed by atoms with Gasteiger partial charge >= 0.3 is 0 Å². The van der Waals surface area contributed by atoms with E-state index in [9.17, 15) is 9.59 Å². The summed E-state index contributed by atoms with van der Waals surface area (Å²) in [5.74, 6) is 0.738. The van der Waals surface area contributed by atoms with Crippen LogP contribution in [0.25, 0.3) is 0 Å². The van der Waals surface area contributed by atoms with E-state index in [-0.39, 0.29) is 24.3 Å². The molecule has 0 saturated carbocycles. The van der Waals surface area contributed by atoms with Crippen molar-refractivity contribution < 1.29 is 14.3 Å². The molecule has 2 aliphatic heterocycles. The maximum absolute atomic E-state index is 12.6. The molecule has 0 atom stereocenters. The number of carbonyl (C=O) groups is 2. The van der Waals surface area contributed by atoms with Crippen LogP contribution in [0, 0.1) is 5.92 Å². The molecule has 7 heteroatoms. The zero-order chi connectivity index (χ0) is 18.5.